The lowest BCUT2D eigenvalue weighted by Crippen LogP contribution is -2.40. The number of halogens is 2. The van der Waals surface area contributed by atoms with Gasteiger partial charge in [-0.05, 0) is 61.9 Å². The smallest absolute Gasteiger partial charge is 0.0595 e. The monoisotopic (exact) mass is 311 g/mol. The average Bonchev–Trinajstić information content (AvgIpc) is 2.98. The van der Waals surface area contributed by atoms with Gasteiger partial charge in [0.1, 0.15) is 0 Å². The van der Waals surface area contributed by atoms with Crippen LogP contribution >= 0.6 is 23.2 Å². The van der Waals surface area contributed by atoms with Crippen LogP contribution in [0.25, 0.3) is 0 Å². The fraction of sp³-hybridized carbons (Fsp3) is 0.562. The third-order valence-electron chi connectivity index (χ3n) is 4.97. The molecule has 1 fully saturated rings. The van der Waals surface area contributed by atoms with Crippen LogP contribution in [0.5, 0.6) is 0 Å². The van der Waals surface area contributed by atoms with Crippen LogP contribution in [0.1, 0.15) is 37.7 Å². The summed E-state index contributed by atoms with van der Waals surface area (Å²) in [4.78, 5) is 4.42. The molecule has 1 aliphatic carbocycles. The van der Waals surface area contributed by atoms with Crippen molar-refractivity contribution >= 4 is 29.4 Å². The third-order valence-corrected chi connectivity index (χ3v) is 5.71. The van der Waals surface area contributed by atoms with E-state index in [4.69, 9.17) is 23.2 Å². The van der Waals surface area contributed by atoms with Gasteiger partial charge in [-0.3, -0.25) is 4.99 Å². The Kier molecular flexibility index (Phi) is 4.07. The summed E-state index contributed by atoms with van der Waals surface area (Å²) in [6.07, 6.45) is 6.62. The zero-order valence-electron chi connectivity index (χ0n) is 11.4. The van der Waals surface area contributed by atoms with E-state index in [9.17, 15) is 5.11 Å². The van der Waals surface area contributed by atoms with Crippen molar-refractivity contribution in [2.75, 3.05) is 6.54 Å². The predicted molar refractivity (Wildman–Crippen MR) is 84.1 cm³/mol. The molecule has 1 aliphatic heterocycles. The van der Waals surface area contributed by atoms with Crippen LogP contribution in [0.3, 0.4) is 0 Å². The van der Waals surface area contributed by atoms with Gasteiger partial charge in [0.05, 0.1) is 16.1 Å². The standard InChI is InChI=1S/C16H19Cl2NO/c17-14-2-1-11(9-15(14)18)16(12-5-8-19-10-12)6-3-13(20)4-7-16/h1-2,8-9,12-13,20H,3-7,10H2/t12-,13?,16?/m1/s1. The SMILES string of the molecule is OC1CCC(c2ccc(Cl)c(Cl)c2)([C@@H]2CC=NC2)CC1. The van der Waals surface area contributed by atoms with Gasteiger partial charge < -0.3 is 5.11 Å². The molecule has 1 aromatic rings. The van der Waals surface area contributed by atoms with E-state index in [1.165, 1.54) is 5.56 Å². The summed E-state index contributed by atoms with van der Waals surface area (Å²) >= 11 is 12.3. The van der Waals surface area contributed by atoms with Gasteiger partial charge in [-0.15, -0.1) is 0 Å². The number of aliphatic hydroxyl groups is 1. The van der Waals surface area contributed by atoms with Crippen molar-refractivity contribution in [2.24, 2.45) is 10.9 Å². The predicted octanol–water partition coefficient (Wildman–Crippen LogP) is 4.26. The van der Waals surface area contributed by atoms with E-state index in [-0.39, 0.29) is 11.5 Å². The summed E-state index contributed by atoms with van der Waals surface area (Å²) in [6, 6.07) is 6.01. The number of aliphatic hydroxyl groups excluding tert-OH is 1. The molecular weight excluding hydrogens is 293 g/mol. The van der Waals surface area contributed by atoms with Crippen molar-refractivity contribution in [3.05, 3.63) is 33.8 Å². The molecule has 2 aliphatic rings. The molecule has 0 radical (unpaired) electrons. The van der Waals surface area contributed by atoms with Crippen molar-refractivity contribution in [1.29, 1.82) is 0 Å². The molecule has 3 rings (SSSR count). The lowest BCUT2D eigenvalue weighted by atomic mass is 9.61. The minimum absolute atomic E-state index is 0.0873. The number of aliphatic imine (C=N–C) groups is 1. The van der Waals surface area contributed by atoms with Crippen LogP contribution in [0.2, 0.25) is 10.0 Å². The minimum Gasteiger partial charge on any atom is -0.393 e. The summed E-state index contributed by atoms with van der Waals surface area (Å²) in [5, 5.41) is 11.1. The molecule has 0 saturated heterocycles. The molecule has 0 bridgehead atoms. The molecule has 20 heavy (non-hydrogen) atoms. The summed E-state index contributed by atoms with van der Waals surface area (Å²) < 4.78 is 0. The van der Waals surface area contributed by atoms with E-state index in [1.54, 1.807) is 0 Å². The fourth-order valence-electron chi connectivity index (χ4n) is 3.73. The molecule has 0 unspecified atom stereocenters. The molecule has 2 nitrogen and oxygen atoms in total. The lowest BCUT2D eigenvalue weighted by molar-refractivity contribution is 0.0753. The van der Waals surface area contributed by atoms with Gasteiger partial charge in [-0.1, -0.05) is 29.3 Å². The first-order chi connectivity index (χ1) is 9.62. The fourth-order valence-corrected chi connectivity index (χ4v) is 4.03. The average molecular weight is 312 g/mol. The zero-order chi connectivity index (χ0) is 14.2. The van der Waals surface area contributed by atoms with Crippen molar-refractivity contribution in [3.8, 4) is 0 Å². The molecule has 0 amide bonds. The van der Waals surface area contributed by atoms with Crippen molar-refractivity contribution in [1.82, 2.24) is 0 Å². The second-order valence-corrected chi connectivity index (χ2v) is 6.81. The Labute approximate surface area is 129 Å². The Bertz CT molecular complexity index is 513. The Morgan fingerprint density at radius 2 is 1.90 bits per heavy atom. The number of benzene rings is 1. The Morgan fingerprint density at radius 1 is 1.15 bits per heavy atom. The van der Waals surface area contributed by atoms with Crippen molar-refractivity contribution in [2.45, 2.75) is 43.6 Å². The zero-order valence-corrected chi connectivity index (χ0v) is 12.9. The lowest BCUT2D eigenvalue weighted by Gasteiger charge is -2.44. The highest BCUT2D eigenvalue weighted by Crippen LogP contribution is 2.48. The molecule has 0 aromatic heterocycles. The topological polar surface area (TPSA) is 32.6 Å². The van der Waals surface area contributed by atoms with Crippen LogP contribution in [-0.4, -0.2) is 24.0 Å². The Balaban J connectivity index is 1.98. The highest BCUT2D eigenvalue weighted by molar-refractivity contribution is 6.42. The summed E-state index contributed by atoms with van der Waals surface area (Å²) in [7, 11) is 0. The van der Waals surface area contributed by atoms with Crippen LogP contribution in [0.4, 0.5) is 0 Å². The molecule has 108 valence electrons. The van der Waals surface area contributed by atoms with Gasteiger partial charge >= 0.3 is 0 Å². The van der Waals surface area contributed by atoms with Crippen LogP contribution in [0.15, 0.2) is 23.2 Å². The van der Waals surface area contributed by atoms with Gasteiger partial charge in [0.25, 0.3) is 0 Å². The number of hydrogen-bond donors (Lipinski definition) is 1. The van der Waals surface area contributed by atoms with Gasteiger partial charge in [-0.2, -0.15) is 0 Å². The van der Waals surface area contributed by atoms with Gasteiger partial charge in [0.15, 0.2) is 0 Å². The van der Waals surface area contributed by atoms with E-state index in [0.717, 1.165) is 38.6 Å². The maximum Gasteiger partial charge on any atom is 0.0595 e. The van der Waals surface area contributed by atoms with Gasteiger partial charge in [0, 0.05) is 12.0 Å². The first-order valence-electron chi connectivity index (χ1n) is 7.24. The molecule has 1 aromatic carbocycles. The van der Waals surface area contributed by atoms with Crippen LogP contribution in [-0.2, 0) is 5.41 Å². The number of hydrogen-bond acceptors (Lipinski definition) is 2. The van der Waals surface area contributed by atoms with Crippen LogP contribution in [0, 0.1) is 5.92 Å². The maximum absolute atomic E-state index is 9.85. The van der Waals surface area contributed by atoms with Gasteiger partial charge in [0.2, 0.25) is 0 Å². The molecule has 1 atom stereocenters. The minimum atomic E-state index is -0.159. The second kappa shape index (κ2) is 5.67. The third kappa shape index (κ3) is 2.49. The quantitative estimate of drug-likeness (QED) is 0.869. The Morgan fingerprint density at radius 3 is 2.50 bits per heavy atom. The molecule has 1 N–H and O–H groups in total. The maximum atomic E-state index is 9.85. The molecular formula is C16H19Cl2NO. The van der Waals surface area contributed by atoms with E-state index in [2.05, 4.69) is 11.1 Å². The first kappa shape index (κ1) is 14.4. The highest BCUT2D eigenvalue weighted by atomic mass is 35.5. The van der Waals surface area contributed by atoms with E-state index < -0.39 is 0 Å². The summed E-state index contributed by atoms with van der Waals surface area (Å²) in [6.45, 7) is 0.885. The van der Waals surface area contributed by atoms with E-state index in [0.29, 0.717) is 16.0 Å². The molecule has 0 spiro atoms. The van der Waals surface area contributed by atoms with Gasteiger partial charge in [-0.25, -0.2) is 0 Å². The summed E-state index contributed by atoms with van der Waals surface area (Å²) in [5.41, 5.74) is 1.35. The highest BCUT2D eigenvalue weighted by Gasteiger charge is 2.43. The van der Waals surface area contributed by atoms with E-state index in [1.807, 2.05) is 18.3 Å². The number of nitrogens with zero attached hydrogens (tertiary/aromatic N) is 1. The summed E-state index contributed by atoms with van der Waals surface area (Å²) in [5.74, 6) is 0.521. The Hall–Kier alpha value is -0.570. The second-order valence-electron chi connectivity index (χ2n) is 6.00. The van der Waals surface area contributed by atoms with Crippen molar-refractivity contribution in [3.63, 3.8) is 0 Å². The van der Waals surface area contributed by atoms with E-state index >= 15 is 0 Å². The first-order valence-corrected chi connectivity index (χ1v) is 7.99. The molecule has 1 heterocycles. The van der Waals surface area contributed by atoms with Crippen molar-refractivity contribution < 1.29 is 5.11 Å². The molecule has 4 heteroatoms. The number of rotatable bonds is 2. The molecule has 1 saturated carbocycles. The normalized spacial score (nSPS) is 33.5. The largest absolute Gasteiger partial charge is 0.393 e. The van der Waals surface area contributed by atoms with Crippen LogP contribution < -0.4 is 0 Å².